The predicted molar refractivity (Wildman–Crippen MR) is 69.7 cm³/mol. The maximum atomic E-state index is 12.3. The Labute approximate surface area is 119 Å². The van der Waals surface area contributed by atoms with Crippen LogP contribution in [0.15, 0.2) is 23.1 Å². The average Bonchev–Trinajstić information content (AvgIpc) is 2.37. The summed E-state index contributed by atoms with van der Waals surface area (Å²) in [7, 11) is -4.15. The lowest BCUT2D eigenvalue weighted by molar-refractivity contribution is -0.385. The van der Waals surface area contributed by atoms with Gasteiger partial charge in [0.1, 0.15) is 0 Å². The number of piperazine rings is 1. The number of aryl methyl sites for hydroxylation is 1. The maximum absolute atomic E-state index is 12.3. The molecule has 2 rings (SSSR count). The molecule has 0 saturated carbocycles. The van der Waals surface area contributed by atoms with Crippen molar-refractivity contribution in [3.8, 4) is 0 Å². The minimum atomic E-state index is -4.15. The van der Waals surface area contributed by atoms with Crippen LogP contribution in [0.5, 0.6) is 0 Å². The highest BCUT2D eigenvalue weighted by Crippen LogP contribution is 2.24. The predicted octanol–water partition coefficient (Wildman–Crippen LogP) is -0.450. The number of imide groups is 1. The lowest BCUT2D eigenvalue weighted by atomic mass is 10.2. The Kier molecular flexibility index (Phi) is 3.75. The molecule has 0 radical (unpaired) electrons. The molecule has 0 aromatic heterocycles. The van der Waals surface area contributed by atoms with Crippen LogP contribution in [0.25, 0.3) is 0 Å². The van der Waals surface area contributed by atoms with Crippen LogP contribution in [0, 0.1) is 17.0 Å². The van der Waals surface area contributed by atoms with Crippen molar-refractivity contribution in [2.75, 3.05) is 13.1 Å². The van der Waals surface area contributed by atoms with Crippen molar-refractivity contribution in [1.82, 2.24) is 9.62 Å². The molecule has 1 aliphatic rings. The van der Waals surface area contributed by atoms with Crippen LogP contribution in [0.2, 0.25) is 0 Å². The van der Waals surface area contributed by atoms with Crippen LogP contribution in [0.4, 0.5) is 5.69 Å². The minimum Gasteiger partial charge on any atom is -0.294 e. The van der Waals surface area contributed by atoms with Gasteiger partial charge in [-0.15, -0.1) is 0 Å². The summed E-state index contributed by atoms with van der Waals surface area (Å²) in [5, 5.41) is 12.8. The van der Waals surface area contributed by atoms with E-state index in [4.69, 9.17) is 0 Å². The molecule has 1 heterocycles. The van der Waals surface area contributed by atoms with Gasteiger partial charge in [-0.1, -0.05) is 6.07 Å². The van der Waals surface area contributed by atoms with E-state index in [1.807, 2.05) is 5.32 Å². The molecule has 1 saturated heterocycles. The number of benzene rings is 1. The normalized spacial score (nSPS) is 16.6. The molecule has 1 aromatic carbocycles. The van der Waals surface area contributed by atoms with Gasteiger partial charge in [0.05, 0.1) is 22.9 Å². The third-order valence-corrected chi connectivity index (χ3v) is 4.72. The summed E-state index contributed by atoms with van der Waals surface area (Å²) in [5.74, 6) is -1.48. The highest BCUT2D eigenvalue weighted by Gasteiger charge is 2.33. The molecule has 0 aliphatic carbocycles. The van der Waals surface area contributed by atoms with Gasteiger partial charge in [0.15, 0.2) is 0 Å². The molecule has 112 valence electrons. The molecule has 1 fully saturated rings. The van der Waals surface area contributed by atoms with E-state index >= 15 is 0 Å². The Balaban J connectivity index is 2.44. The summed E-state index contributed by atoms with van der Waals surface area (Å²) in [6.07, 6.45) is 0. The summed E-state index contributed by atoms with van der Waals surface area (Å²) in [4.78, 5) is 32.3. The third-order valence-electron chi connectivity index (χ3n) is 2.93. The molecule has 0 unspecified atom stereocenters. The van der Waals surface area contributed by atoms with Crippen molar-refractivity contribution in [1.29, 1.82) is 0 Å². The van der Waals surface area contributed by atoms with Crippen LogP contribution >= 0.6 is 0 Å². The summed E-state index contributed by atoms with van der Waals surface area (Å²) < 4.78 is 25.4. The minimum absolute atomic E-state index is 0.311. The number of nitro groups is 1. The molecular formula is C11H11N3O6S. The van der Waals surface area contributed by atoms with E-state index in [1.165, 1.54) is 19.1 Å². The summed E-state index contributed by atoms with van der Waals surface area (Å²) >= 11 is 0. The first-order valence-corrected chi connectivity index (χ1v) is 7.23. The molecule has 0 spiro atoms. The molecule has 9 nitrogen and oxygen atoms in total. The summed E-state index contributed by atoms with van der Waals surface area (Å²) in [5.41, 5.74) is -0.0322. The standard InChI is InChI=1S/C11H11N3O6S/c1-7-2-3-8(4-9(7)14(17)18)21(19,20)13-5-10(15)12-11(16)6-13/h2-4H,5-6H2,1H3,(H,12,15,16). The van der Waals surface area contributed by atoms with Crippen LogP contribution in [0.1, 0.15) is 5.56 Å². The van der Waals surface area contributed by atoms with Gasteiger partial charge in [-0.05, 0) is 13.0 Å². The van der Waals surface area contributed by atoms with Crippen molar-refractivity contribution >= 4 is 27.5 Å². The molecule has 0 bridgehead atoms. The van der Waals surface area contributed by atoms with Crippen LogP contribution in [-0.2, 0) is 19.6 Å². The van der Waals surface area contributed by atoms with Gasteiger partial charge in [-0.25, -0.2) is 8.42 Å². The second-order valence-electron chi connectivity index (χ2n) is 4.45. The topological polar surface area (TPSA) is 127 Å². The van der Waals surface area contributed by atoms with Crippen molar-refractivity contribution < 1.29 is 22.9 Å². The fraction of sp³-hybridized carbons (Fsp3) is 0.273. The number of nitrogens with one attached hydrogen (secondary N) is 1. The van der Waals surface area contributed by atoms with E-state index in [-0.39, 0.29) is 10.6 Å². The first-order chi connectivity index (χ1) is 9.71. The Bertz CT molecular complexity index is 726. The molecular weight excluding hydrogens is 302 g/mol. The first-order valence-electron chi connectivity index (χ1n) is 5.79. The van der Waals surface area contributed by atoms with Gasteiger partial charge in [0.2, 0.25) is 21.8 Å². The van der Waals surface area contributed by atoms with E-state index in [0.29, 0.717) is 9.87 Å². The number of rotatable bonds is 3. The SMILES string of the molecule is Cc1ccc(S(=O)(=O)N2CC(=O)NC(=O)C2)cc1[N+](=O)[O-]. The Morgan fingerprint density at radius 2 is 1.81 bits per heavy atom. The Morgan fingerprint density at radius 1 is 1.24 bits per heavy atom. The van der Waals surface area contributed by atoms with Crippen LogP contribution in [0.3, 0.4) is 0 Å². The quantitative estimate of drug-likeness (QED) is 0.457. The van der Waals surface area contributed by atoms with Gasteiger partial charge in [-0.2, -0.15) is 4.31 Å². The number of nitrogens with zero attached hydrogens (tertiary/aromatic N) is 2. The van der Waals surface area contributed by atoms with Crippen molar-refractivity contribution in [2.45, 2.75) is 11.8 Å². The fourth-order valence-electron chi connectivity index (χ4n) is 1.88. The average molecular weight is 313 g/mol. The number of nitro benzene ring substituents is 1. The zero-order valence-electron chi connectivity index (χ0n) is 10.9. The summed E-state index contributed by atoms with van der Waals surface area (Å²) in [6, 6.07) is 3.42. The van der Waals surface area contributed by atoms with Gasteiger partial charge in [-0.3, -0.25) is 25.0 Å². The molecule has 1 aromatic rings. The largest absolute Gasteiger partial charge is 0.294 e. The molecule has 21 heavy (non-hydrogen) atoms. The van der Waals surface area contributed by atoms with Crippen LogP contribution in [-0.4, -0.2) is 42.6 Å². The second kappa shape index (κ2) is 5.22. The summed E-state index contributed by atoms with van der Waals surface area (Å²) in [6.45, 7) is 0.470. The Hall–Kier alpha value is -2.33. The molecule has 10 heteroatoms. The highest BCUT2D eigenvalue weighted by atomic mass is 32.2. The monoisotopic (exact) mass is 313 g/mol. The first kappa shape index (κ1) is 15.1. The van der Waals surface area contributed by atoms with E-state index in [1.54, 1.807) is 0 Å². The van der Waals surface area contributed by atoms with E-state index < -0.39 is 39.9 Å². The number of amides is 2. The van der Waals surface area contributed by atoms with Gasteiger partial charge in [0.25, 0.3) is 5.69 Å². The molecule has 0 atom stereocenters. The number of carbonyl (C=O) groups excluding carboxylic acids is 2. The number of carbonyl (C=O) groups is 2. The van der Waals surface area contributed by atoms with E-state index in [9.17, 15) is 28.1 Å². The van der Waals surface area contributed by atoms with Crippen molar-refractivity contribution in [2.24, 2.45) is 0 Å². The molecule has 1 aliphatic heterocycles. The smallest absolute Gasteiger partial charge is 0.273 e. The number of hydrogen-bond acceptors (Lipinski definition) is 6. The fourth-order valence-corrected chi connectivity index (χ4v) is 3.25. The van der Waals surface area contributed by atoms with E-state index in [2.05, 4.69) is 0 Å². The van der Waals surface area contributed by atoms with Gasteiger partial charge in [0, 0.05) is 11.6 Å². The number of hydrogen-bond donors (Lipinski definition) is 1. The highest BCUT2D eigenvalue weighted by molar-refractivity contribution is 7.89. The van der Waals surface area contributed by atoms with Crippen molar-refractivity contribution in [3.63, 3.8) is 0 Å². The number of sulfonamides is 1. The third kappa shape index (κ3) is 2.90. The molecule has 2 amide bonds. The Morgan fingerprint density at radius 3 is 2.33 bits per heavy atom. The van der Waals surface area contributed by atoms with Crippen LogP contribution < -0.4 is 5.32 Å². The van der Waals surface area contributed by atoms with E-state index in [0.717, 1.165) is 6.07 Å². The van der Waals surface area contributed by atoms with Crippen molar-refractivity contribution in [3.05, 3.63) is 33.9 Å². The zero-order chi connectivity index (χ0) is 15.8. The van der Waals surface area contributed by atoms with Gasteiger partial charge >= 0.3 is 0 Å². The maximum Gasteiger partial charge on any atom is 0.273 e. The molecule has 1 N–H and O–H groups in total. The zero-order valence-corrected chi connectivity index (χ0v) is 11.7. The lowest BCUT2D eigenvalue weighted by Gasteiger charge is -2.24. The lowest BCUT2D eigenvalue weighted by Crippen LogP contribution is -2.53. The second-order valence-corrected chi connectivity index (χ2v) is 6.39. The van der Waals surface area contributed by atoms with Gasteiger partial charge < -0.3 is 0 Å².